The summed E-state index contributed by atoms with van der Waals surface area (Å²) in [5.74, 6) is -0.744. The first kappa shape index (κ1) is 7.91. The van der Waals surface area contributed by atoms with Crippen molar-refractivity contribution in [2.24, 2.45) is 0 Å². The first-order valence-electron chi connectivity index (χ1n) is 3.55. The summed E-state index contributed by atoms with van der Waals surface area (Å²) in [6, 6.07) is 0. The first-order chi connectivity index (χ1) is 5.20. The van der Waals surface area contributed by atoms with Gasteiger partial charge in [-0.3, -0.25) is 4.79 Å². The second kappa shape index (κ2) is 3.27. The molecule has 1 rings (SSSR count). The standard InChI is InChI=1S/C7H12N2O2/c1-9-5-8-4-6(9)2-3-7(10)11/h4,8H,2-3,5H2,1H3,(H,10,11). The third-order valence-electron chi connectivity index (χ3n) is 1.68. The Hall–Kier alpha value is -1.19. The van der Waals surface area contributed by atoms with Crippen molar-refractivity contribution in [3.63, 3.8) is 0 Å². The molecule has 4 nitrogen and oxygen atoms in total. The van der Waals surface area contributed by atoms with Crippen LogP contribution in [0.2, 0.25) is 0 Å². The molecule has 1 heterocycles. The van der Waals surface area contributed by atoms with Crippen LogP contribution in [0.3, 0.4) is 0 Å². The molecule has 0 saturated heterocycles. The van der Waals surface area contributed by atoms with Crippen molar-refractivity contribution in [3.05, 3.63) is 11.9 Å². The van der Waals surface area contributed by atoms with E-state index in [1.807, 2.05) is 18.1 Å². The van der Waals surface area contributed by atoms with Gasteiger partial charge in [0.05, 0.1) is 13.1 Å². The van der Waals surface area contributed by atoms with Crippen molar-refractivity contribution in [2.75, 3.05) is 13.7 Å². The van der Waals surface area contributed by atoms with E-state index in [-0.39, 0.29) is 6.42 Å². The maximum atomic E-state index is 10.2. The van der Waals surface area contributed by atoms with Gasteiger partial charge in [-0.05, 0) is 6.42 Å². The molecule has 0 unspecified atom stereocenters. The van der Waals surface area contributed by atoms with Crippen LogP contribution in [-0.2, 0) is 4.79 Å². The van der Waals surface area contributed by atoms with Gasteiger partial charge in [0.25, 0.3) is 0 Å². The van der Waals surface area contributed by atoms with Gasteiger partial charge in [-0.15, -0.1) is 0 Å². The lowest BCUT2D eigenvalue weighted by Gasteiger charge is -2.13. The minimum atomic E-state index is -0.744. The van der Waals surface area contributed by atoms with Crippen molar-refractivity contribution in [1.82, 2.24) is 10.2 Å². The Labute approximate surface area is 65.5 Å². The van der Waals surface area contributed by atoms with Crippen LogP contribution in [0.4, 0.5) is 0 Å². The number of carbonyl (C=O) groups is 1. The predicted molar refractivity (Wildman–Crippen MR) is 40.7 cm³/mol. The van der Waals surface area contributed by atoms with Gasteiger partial charge < -0.3 is 15.3 Å². The van der Waals surface area contributed by atoms with E-state index >= 15 is 0 Å². The fourth-order valence-electron chi connectivity index (χ4n) is 1.01. The maximum Gasteiger partial charge on any atom is 0.303 e. The zero-order valence-corrected chi connectivity index (χ0v) is 6.50. The Balaban J connectivity index is 2.31. The molecule has 11 heavy (non-hydrogen) atoms. The molecule has 0 aromatic heterocycles. The van der Waals surface area contributed by atoms with Crippen LogP contribution >= 0.6 is 0 Å². The SMILES string of the molecule is CN1CNC=C1CCC(=O)O. The lowest BCUT2D eigenvalue weighted by Crippen LogP contribution is -2.18. The number of nitrogens with zero attached hydrogens (tertiary/aromatic N) is 1. The van der Waals surface area contributed by atoms with Crippen molar-refractivity contribution < 1.29 is 9.90 Å². The van der Waals surface area contributed by atoms with E-state index in [1.165, 1.54) is 0 Å². The van der Waals surface area contributed by atoms with E-state index in [0.29, 0.717) is 6.42 Å². The Morgan fingerprint density at radius 1 is 1.91 bits per heavy atom. The van der Waals surface area contributed by atoms with Gasteiger partial charge in [0.1, 0.15) is 0 Å². The summed E-state index contributed by atoms with van der Waals surface area (Å²) in [7, 11) is 1.94. The predicted octanol–water partition coefficient (Wildman–Crippen LogP) is 0.185. The monoisotopic (exact) mass is 156 g/mol. The number of hydrogen-bond donors (Lipinski definition) is 2. The molecule has 0 aromatic rings. The molecule has 0 radical (unpaired) electrons. The summed E-state index contributed by atoms with van der Waals surface area (Å²) in [6.45, 7) is 0.787. The van der Waals surface area contributed by atoms with Gasteiger partial charge in [0, 0.05) is 18.9 Å². The normalized spacial score (nSPS) is 16.1. The molecule has 0 amide bonds. The first-order valence-corrected chi connectivity index (χ1v) is 3.55. The van der Waals surface area contributed by atoms with Crippen molar-refractivity contribution in [3.8, 4) is 0 Å². The van der Waals surface area contributed by atoms with Gasteiger partial charge >= 0.3 is 5.97 Å². The fraction of sp³-hybridized carbons (Fsp3) is 0.571. The largest absolute Gasteiger partial charge is 0.481 e. The second-order valence-electron chi connectivity index (χ2n) is 2.59. The van der Waals surface area contributed by atoms with Crippen molar-refractivity contribution in [1.29, 1.82) is 0 Å². The highest BCUT2D eigenvalue weighted by molar-refractivity contribution is 5.67. The summed E-state index contributed by atoms with van der Waals surface area (Å²) < 4.78 is 0. The molecule has 0 aromatic carbocycles. The number of nitrogens with one attached hydrogen (secondary N) is 1. The summed E-state index contributed by atoms with van der Waals surface area (Å²) in [5.41, 5.74) is 1.06. The molecular weight excluding hydrogens is 144 g/mol. The summed E-state index contributed by atoms with van der Waals surface area (Å²) in [5, 5.41) is 11.4. The van der Waals surface area contributed by atoms with Gasteiger partial charge in [0.2, 0.25) is 0 Å². The Bertz CT molecular complexity index is 189. The molecule has 0 aliphatic carbocycles. The van der Waals surface area contributed by atoms with Gasteiger partial charge in [-0.2, -0.15) is 0 Å². The average molecular weight is 156 g/mol. The Morgan fingerprint density at radius 2 is 2.64 bits per heavy atom. The summed E-state index contributed by atoms with van der Waals surface area (Å²) in [6.07, 6.45) is 2.68. The second-order valence-corrected chi connectivity index (χ2v) is 2.59. The highest BCUT2D eigenvalue weighted by Crippen LogP contribution is 2.11. The molecular formula is C7H12N2O2. The zero-order valence-electron chi connectivity index (χ0n) is 6.50. The third kappa shape index (κ3) is 2.14. The van der Waals surface area contributed by atoms with Gasteiger partial charge in [-0.25, -0.2) is 0 Å². The Morgan fingerprint density at radius 3 is 3.09 bits per heavy atom. The number of aliphatic carboxylic acids is 1. The number of carboxylic acid groups (broad SMARTS) is 1. The molecule has 2 N–H and O–H groups in total. The van der Waals surface area contributed by atoms with Crippen LogP contribution in [-0.4, -0.2) is 29.7 Å². The number of rotatable bonds is 3. The molecule has 1 aliphatic heterocycles. The minimum absolute atomic E-state index is 0.206. The van der Waals surface area contributed by atoms with Crippen LogP contribution in [0.1, 0.15) is 12.8 Å². The van der Waals surface area contributed by atoms with E-state index in [2.05, 4.69) is 5.32 Å². The summed E-state index contributed by atoms with van der Waals surface area (Å²) >= 11 is 0. The number of allylic oxidation sites excluding steroid dienone is 1. The Kier molecular flexibility index (Phi) is 2.36. The average Bonchev–Trinajstić information content (AvgIpc) is 2.31. The lowest BCUT2D eigenvalue weighted by molar-refractivity contribution is -0.137. The third-order valence-corrected chi connectivity index (χ3v) is 1.68. The highest BCUT2D eigenvalue weighted by Gasteiger charge is 2.10. The molecule has 4 heteroatoms. The molecule has 0 saturated carbocycles. The smallest absolute Gasteiger partial charge is 0.303 e. The highest BCUT2D eigenvalue weighted by atomic mass is 16.4. The minimum Gasteiger partial charge on any atom is -0.481 e. The van der Waals surface area contributed by atoms with Gasteiger partial charge in [-0.1, -0.05) is 0 Å². The maximum absolute atomic E-state index is 10.2. The zero-order chi connectivity index (χ0) is 8.27. The quantitative estimate of drug-likeness (QED) is 0.612. The van der Waals surface area contributed by atoms with Crippen molar-refractivity contribution >= 4 is 5.97 Å². The van der Waals surface area contributed by atoms with Crippen molar-refractivity contribution in [2.45, 2.75) is 12.8 Å². The molecule has 0 bridgehead atoms. The molecule has 0 atom stereocenters. The van der Waals surface area contributed by atoms with Crippen LogP contribution in [0, 0.1) is 0 Å². The molecule has 0 spiro atoms. The van der Waals surface area contributed by atoms with E-state index in [0.717, 1.165) is 12.4 Å². The van der Waals surface area contributed by atoms with Crippen LogP contribution in [0.25, 0.3) is 0 Å². The molecule has 1 aliphatic rings. The van der Waals surface area contributed by atoms with Crippen LogP contribution in [0.15, 0.2) is 11.9 Å². The van der Waals surface area contributed by atoms with E-state index in [1.54, 1.807) is 0 Å². The topological polar surface area (TPSA) is 52.6 Å². The molecule has 0 fully saturated rings. The van der Waals surface area contributed by atoms with E-state index in [4.69, 9.17) is 5.11 Å². The fourth-order valence-corrected chi connectivity index (χ4v) is 1.01. The van der Waals surface area contributed by atoms with Gasteiger partial charge in [0.15, 0.2) is 0 Å². The van der Waals surface area contributed by atoms with Crippen LogP contribution in [0.5, 0.6) is 0 Å². The number of hydrogen-bond acceptors (Lipinski definition) is 3. The summed E-state index contributed by atoms with van der Waals surface area (Å²) in [4.78, 5) is 12.2. The van der Waals surface area contributed by atoms with E-state index in [9.17, 15) is 4.79 Å². The van der Waals surface area contributed by atoms with E-state index < -0.39 is 5.97 Å². The number of carboxylic acids is 1. The van der Waals surface area contributed by atoms with Crippen LogP contribution < -0.4 is 5.32 Å². The molecule has 62 valence electrons. The lowest BCUT2D eigenvalue weighted by atomic mass is 10.2.